The molecule has 45 heavy (non-hydrogen) atoms. The first-order valence-electron chi connectivity index (χ1n) is 15.0. The van der Waals surface area contributed by atoms with Gasteiger partial charge in [-0.25, -0.2) is 4.57 Å². The highest BCUT2D eigenvalue weighted by Gasteiger charge is 2.36. The van der Waals surface area contributed by atoms with Crippen molar-refractivity contribution >= 4 is 43.4 Å². The van der Waals surface area contributed by atoms with E-state index in [9.17, 15) is 9.59 Å². The third-order valence-corrected chi connectivity index (χ3v) is 9.51. The van der Waals surface area contributed by atoms with E-state index in [1.165, 1.54) is 4.57 Å². The number of hydrogen-bond acceptors (Lipinski definition) is 4. The maximum absolute atomic E-state index is 14.7. The average molecular weight is 583 g/mol. The van der Waals surface area contributed by atoms with Gasteiger partial charge in [-0.3, -0.25) is 19.6 Å². The number of nitrogens with zero attached hydrogens (tertiary/aromatic N) is 4. The van der Waals surface area contributed by atoms with E-state index in [4.69, 9.17) is 0 Å². The van der Waals surface area contributed by atoms with Crippen LogP contribution in [-0.2, 0) is 5.41 Å². The van der Waals surface area contributed by atoms with Gasteiger partial charge in [0.25, 0.3) is 11.1 Å². The number of rotatable bonds is 2. The molecule has 4 heterocycles. The van der Waals surface area contributed by atoms with Crippen LogP contribution in [0.3, 0.4) is 0 Å². The first kappa shape index (κ1) is 25.6. The molecule has 0 atom stereocenters. The van der Waals surface area contributed by atoms with E-state index in [1.807, 2.05) is 91.4 Å². The van der Waals surface area contributed by atoms with Crippen molar-refractivity contribution < 1.29 is 0 Å². The number of aromatic nitrogens is 4. The quantitative estimate of drug-likeness (QED) is 0.210. The van der Waals surface area contributed by atoms with Gasteiger partial charge < -0.3 is 4.57 Å². The van der Waals surface area contributed by atoms with Crippen LogP contribution in [0.1, 0.15) is 25.0 Å². The Hall–Kier alpha value is -5.88. The molecular weight excluding hydrogens is 556 g/mol. The molecule has 0 unspecified atom stereocenters. The number of para-hydroxylation sites is 2. The Morgan fingerprint density at radius 1 is 0.511 bits per heavy atom. The average Bonchev–Trinajstić information content (AvgIpc) is 3.49. The highest BCUT2D eigenvalue weighted by molar-refractivity contribution is 6.18. The number of pyridine rings is 2. The summed E-state index contributed by atoms with van der Waals surface area (Å²) in [4.78, 5) is 38.2. The summed E-state index contributed by atoms with van der Waals surface area (Å²) in [7, 11) is 0. The van der Waals surface area contributed by atoms with Crippen molar-refractivity contribution in [3.8, 4) is 22.5 Å². The van der Waals surface area contributed by atoms with Gasteiger partial charge in [0.05, 0.1) is 22.1 Å². The third kappa shape index (κ3) is 3.45. The largest absolute Gasteiger partial charge is 0.309 e. The lowest BCUT2D eigenvalue weighted by molar-refractivity contribution is 0.658. The molecule has 9 rings (SSSR count). The fourth-order valence-electron chi connectivity index (χ4n) is 7.32. The highest BCUT2D eigenvalue weighted by Crippen LogP contribution is 2.49. The highest BCUT2D eigenvalue weighted by atomic mass is 16.2. The second-order valence-electron chi connectivity index (χ2n) is 12.2. The van der Waals surface area contributed by atoms with Gasteiger partial charge >= 0.3 is 0 Å². The molecule has 0 spiro atoms. The lowest BCUT2D eigenvalue weighted by atomic mass is 9.82. The van der Waals surface area contributed by atoms with Crippen molar-refractivity contribution in [3.63, 3.8) is 0 Å². The van der Waals surface area contributed by atoms with E-state index in [1.54, 1.807) is 6.20 Å². The Kier molecular flexibility index (Phi) is 5.16. The molecule has 0 saturated heterocycles. The minimum atomic E-state index is -0.357. The fourth-order valence-corrected chi connectivity index (χ4v) is 7.32. The lowest BCUT2D eigenvalue weighted by Crippen LogP contribution is -2.28. The summed E-state index contributed by atoms with van der Waals surface area (Å²) in [6.45, 7) is 4.33. The Balaban J connectivity index is 1.54. The standard InChI is InChI=1S/C39H26N4O2/c1-39(2)33-19-30-26(17-28(33)25-13-15-41-22-34(25)39)27-18-29-32-21-40-16-14-35(32)42(23-9-5-3-6-10-23)36(29)20-31(27)38(45)43(37(30)44)24-11-7-4-8-12-24/h3-22H,1-2H3. The van der Waals surface area contributed by atoms with Gasteiger partial charge in [-0.15, -0.1) is 0 Å². The minimum Gasteiger partial charge on any atom is -0.309 e. The third-order valence-electron chi connectivity index (χ3n) is 9.51. The second kappa shape index (κ2) is 9.07. The summed E-state index contributed by atoms with van der Waals surface area (Å²) in [5.41, 5.74) is 6.65. The first-order valence-corrected chi connectivity index (χ1v) is 15.0. The normalized spacial score (nSPS) is 13.5. The van der Waals surface area contributed by atoms with Gasteiger partial charge in [0, 0.05) is 52.0 Å². The molecule has 0 fully saturated rings. The van der Waals surface area contributed by atoms with E-state index in [0.717, 1.165) is 60.5 Å². The number of fused-ring (bicyclic) bond motifs is 9. The molecule has 8 aromatic rings. The van der Waals surface area contributed by atoms with E-state index in [2.05, 4.69) is 52.6 Å². The van der Waals surface area contributed by atoms with Crippen molar-refractivity contribution in [2.24, 2.45) is 0 Å². The van der Waals surface area contributed by atoms with Crippen LogP contribution in [0.15, 0.2) is 131 Å². The Labute approximate surface area is 257 Å². The summed E-state index contributed by atoms with van der Waals surface area (Å²) in [6.07, 6.45) is 7.40. The smallest absolute Gasteiger partial charge is 0.266 e. The maximum Gasteiger partial charge on any atom is 0.266 e. The van der Waals surface area contributed by atoms with Crippen LogP contribution in [0.2, 0.25) is 0 Å². The van der Waals surface area contributed by atoms with Crippen LogP contribution < -0.4 is 11.1 Å². The number of hydrogen-bond donors (Lipinski definition) is 0. The molecule has 0 radical (unpaired) electrons. The van der Waals surface area contributed by atoms with Crippen molar-refractivity contribution in [2.45, 2.75) is 19.3 Å². The van der Waals surface area contributed by atoms with E-state index in [-0.39, 0.29) is 16.5 Å². The molecule has 0 N–H and O–H groups in total. The van der Waals surface area contributed by atoms with Crippen LogP contribution in [0.4, 0.5) is 0 Å². The van der Waals surface area contributed by atoms with Crippen molar-refractivity contribution in [1.82, 2.24) is 19.1 Å². The Morgan fingerprint density at radius 2 is 1.13 bits per heavy atom. The molecule has 4 aromatic carbocycles. The van der Waals surface area contributed by atoms with Gasteiger partial charge in [0.1, 0.15) is 0 Å². The predicted molar refractivity (Wildman–Crippen MR) is 181 cm³/mol. The van der Waals surface area contributed by atoms with Crippen molar-refractivity contribution in [3.05, 3.63) is 154 Å². The summed E-state index contributed by atoms with van der Waals surface area (Å²) in [6, 6.07) is 31.5. The van der Waals surface area contributed by atoms with E-state index < -0.39 is 0 Å². The molecule has 4 aromatic heterocycles. The van der Waals surface area contributed by atoms with E-state index >= 15 is 0 Å². The van der Waals surface area contributed by atoms with Gasteiger partial charge in [0.2, 0.25) is 0 Å². The van der Waals surface area contributed by atoms with Crippen LogP contribution >= 0.6 is 0 Å². The predicted octanol–water partition coefficient (Wildman–Crippen LogP) is 7.70. The van der Waals surface area contributed by atoms with Gasteiger partial charge in [0.15, 0.2) is 0 Å². The molecule has 1 aliphatic carbocycles. The zero-order valence-corrected chi connectivity index (χ0v) is 24.7. The molecule has 0 amide bonds. The first-order chi connectivity index (χ1) is 21.9. The summed E-state index contributed by atoms with van der Waals surface area (Å²) >= 11 is 0. The van der Waals surface area contributed by atoms with Crippen LogP contribution in [0.5, 0.6) is 0 Å². The molecule has 0 saturated carbocycles. The molecule has 6 nitrogen and oxygen atoms in total. The van der Waals surface area contributed by atoms with Crippen molar-refractivity contribution in [1.29, 1.82) is 0 Å². The van der Waals surface area contributed by atoms with Crippen molar-refractivity contribution in [2.75, 3.05) is 0 Å². The molecule has 1 aliphatic rings. The van der Waals surface area contributed by atoms with Gasteiger partial charge in [-0.05, 0) is 93.7 Å². The van der Waals surface area contributed by atoms with Crippen LogP contribution in [0, 0.1) is 0 Å². The van der Waals surface area contributed by atoms with Crippen LogP contribution in [-0.4, -0.2) is 19.1 Å². The lowest BCUT2D eigenvalue weighted by Gasteiger charge is -2.21. The second-order valence-corrected chi connectivity index (χ2v) is 12.2. The molecule has 6 heteroatoms. The minimum absolute atomic E-state index is 0.341. The zero-order valence-electron chi connectivity index (χ0n) is 24.7. The SMILES string of the molecule is CC1(C)c2cnccc2-c2cc3c(cc21)c(=O)n(-c1ccccc1)c(=O)c1cc2c(cc13)c1cnccc1n2-c1ccccc1. The number of benzene rings is 4. The topological polar surface area (TPSA) is 69.8 Å². The van der Waals surface area contributed by atoms with Crippen LogP contribution in [0.25, 0.3) is 65.9 Å². The summed E-state index contributed by atoms with van der Waals surface area (Å²) in [5.74, 6) is 0. The summed E-state index contributed by atoms with van der Waals surface area (Å²) < 4.78 is 3.49. The molecule has 214 valence electrons. The molecule has 0 aliphatic heterocycles. The fraction of sp³-hybridized carbons (Fsp3) is 0.0769. The van der Waals surface area contributed by atoms with E-state index in [0.29, 0.717) is 16.5 Å². The molecule has 0 bridgehead atoms. The van der Waals surface area contributed by atoms with Gasteiger partial charge in [-0.2, -0.15) is 0 Å². The Morgan fingerprint density at radius 3 is 1.87 bits per heavy atom. The monoisotopic (exact) mass is 582 g/mol. The zero-order chi connectivity index (χ0) is 30.4. The molecular formula is C39H26N4O2. The Bertz CT molecular complexity index is 2650. The maximum atomic E-state index is 14.7. The summed E-state index contributed by atoms with van der Waals surface area (Å²) in [5, 5.41) is 4.38. The van der Waals surface area contributed by atoms with Gasteiger partial charge in [-0.1, -0.05) is 50.2 Å².